The molecule has 3 atom stereocenters. The largest absolute Gasteiger partial charge is 0.481 e. The number of hydrogen-bond acceptors (Lipinski definition) is 6. The van der Waals surface area contributed by atoms with Crippen LogP contribution in [0.5, 0.6) is 5.88 Å². The number of nitrogens with zero attached hydrogens (tertiary/aromatic N) is 3. The first-order valence-corrected chi connectivity index (χ1v) is 8.72. The van der Waals surface area contributed by atoms with Crippen molar-refractivity contribution in [3.8, 4) is 5.88 Å². The average molecular weight is 328 g/mol. The van der Waals surface area contributed by atoms with Gasteiger partial charge in [0.15, 0.2) is 0 Å². The second-order valence-corrected chi connectivity index (χ2v) is 7.13. The van der Waals surface area contributed by atoms with Crippen LogP contribution in [-0.4, -0.2) is 40.3 Å². The average Bonchev–Trinajstić information content (AvgIpc) is 2.87. The van der Waals surface area contributed by atoms with Gasteiger partial charge in [0, 0.05) is 11.6 Å². The van der Waals surface area contributed by atoms with Crippen molar-refractivity contribution in [1.82, 2.24) is 15.0 Å². The molecule has 1 aliphatic carbocycles. The topological polar surface area (TPSA) is 83.2 Å². The Morgan fingerprint density at radius 2 is 2.17 bits per heavy atom. The van der Waals surface area contributed by atoms with Gasteiger partial charge in [0.1, 0.15) is 11.8 Å². The molecule has 3 unspecified atom stereocenters. The standard InChI is InChI=1S/C18H24N4O2/c1-23-16-5-4-14-17(22-16)13(20-11-21-14)3-2-12-6-8-18(19)9-7-15(12)24-10-18/h4-5,11-12,15H,2-3,6-10,19H2,1H3. The molecule has 128 valence electrons. The fraction of sp³-hybridized carbons (Fsp3) is 0.611. The zero-order valence-electron chi connectivity index (χ0n) is 14.1. The summed E-state index contributed by atoms with van der Waals surface area (Å²) in [6, 6.07) is 3.76. The van der Waals surface area contributed by atoms with Gasteiger partial charge < -0.3 is 15.2 Å². The van der Waals surface area contributed by atoms with Crippen LogP contribution in [0.15, 0.2) is 18.5 Å². The maximum atomic E-state index is 6.40. The van der Waals surface area contributed by atoms with Crippen LogP contribution in [0, 0.1) is 5.92 Å². The Morgan fingerprint density at radius 3 is 2.96 bits per heavy atom. The summed E-state index contributed by atoms with van der Waals surface area (Å²) in [5.41, 5.74) is 8.99. The number of hydrogen-bond donors (Lipinski definition) is 1. The van der Waals surface area contributed by atoms with E-state index < -0.39 is 0 Å². The van der Waals surface area contributed by atoms with Gasteiger partial charge >= 0.3 is 0 Å². The van der Waals surface area contributed by atoms with Gasteiger partial charge in [-0.1, -0.05) is 0 Å². The third-order valence-corrected chi connectivity index (χ3v) is 5.54. The molecule has 24 heavy (non-hydrogen) atoms. The quantitative estimate of drug-likeness (QED) is 0.927. The third-order valence-electron chi connectivity index (χ3n) is 5.54. The van der Waals surface area contributed by atoms with E-state index in [1.807, 2.05) is 12.1 Å². The summed E-state index contributed by atoms with van der Waals surface area (Å²) >= 11 is 0. The SMILES string of the molecule is COc1ccc2ncnc(CCC3CCC4(N)CCC3OC4)c2n1. The number of aromatic nitrogens is 3. The monoisotopic (exact) mass is 328 g/mol. The summed E-state index contributed by atoms with van der Waals surface area (Å²) < 4.78 is 11.3. The van der Waals surface area contributed by atoms with Gasteiger partial charge in [0.25, 0.3) is 0 Å². The molecule has 6 nitrogen and oxygen atoms in total. The summed E-state index contributed by atoms with van der Waals surface area (Å²) in [5, 5.41) is 0. The van der Waals surface area contributed by atoms with Crippen molar-refractivity contribution in [2.24, 2.45) is 11.7 Å². The summed E-state index contributed by atoms with van der Waals surface area (Å²) in [5.74, 6) is 1.15. The number of fused-ring (bicyclic) bond motifs is 5. The number of nitrogens with two attached hydrogens (primary N) is 1. The smallest absolute Gasteiger partial charge is 0.213 e. The van der Waals surface area contributed by atoms with Crippen molar-refractivity contribution in [3.63, 3.8) is 0 Å². The lowest BCUT2D eigenvalue weighted by Gasteiger charge is -2.34. The number of rotatable bonds is 4. The molecule has 0 aromatic carbocycles. The van der Waals surface area contributed by atoms with Crippen LogP contribution in [0.2, 0.25) is 0 Å². The molecule has 4 heterocycles. The van der Waals surface area contributed by atoms with Crippen LogP contribution in [0.25, 0.3) is 11.0 Å². The molecule has 5 rings (SSSR count). The van der Waals surface area contributed by atoms with Crippen molar-refractivity contribution >= 4 is 11.0 Å². The Morgan fingerprint density at radius 1 is 1.29 bits per heavy atom. The number of aryl methyl sites for hydroxylation is 1. The highest BCUT2D eigenvalue weighted by atomic mass is 16.5. The van der Waals surface area contributed by atoms with E-state index in [2.05, 4.69) is 15.0 Å². The van der Waals surface area contributed by atoms with Crippen molar-refractivity contribution in [1.29, 1.82) is 0 Å². The molecule has 2 N–H and O–H groups in total. The first kappa shape index (κ1) is 15.7. The lowest BCUT2D eigenvalue weighted by atomic mass is 9.91. The molecular weight excluding hydrogens is 304 g/mol. The molecule has 0 spiro atoms. The van der Waals surface area contributed by atoms with E-state index >= 15 is 0 Å². The number of pyridine rings is 1. The molecule has 3 aliphatic rings. The lowest BCUT2D eigenvalue weighted by molar-refractivity contribution is -0.0353. The van der Waals surface area contributed by atoms with Gasteiger partial charge in [-0.25, -0.2) is 15.0 Å². The maximum Gasteiger partial charge on any atom is 0.213 e. The van der Waals surface area contributed by atoms with E-state index in [9.17, 15) is 0 Å². The van der Waals surface area contributed by atoms with Crippen molar-refractivity contribution in [3.05, 3.63) is 24.2 Å². The molecule has 1 saturated carbocycles. The minimum Gasteiger partial charge on any atom is -0.481 e. The zero-order chi connectivity index (χ0) is 16.6. The van der Waals surface area contributed by atoms with Crippen LogP contribution in [0.3, 0.4) is 0 Å². The highest BCUT2D eigenvalue weighted by molar-refractivity contribution is 5.76. The van der Waals surface area contributed by atoms with Crippen molar-refractivity contribution in [2.45, 2.75) is 50.2 Å². The fourth-order valence-corrected chi connectivity index (χ4v) is 4.01. The molecule has 6 heteroatoms. The number of ether oxygens (including phenoxy) is 2. The minimum atomic E-state index is -0.0955. The Bertz CT molecular complexity index is 728. The normalized spacial score (nSPS) is 29.6. The Labute approximate surface area is 141 Å². The first-order chi connectivity index (χ1) is 11.7. The van der Waals surface area contributed by atoms with Crippen LogP contribution in [-0.2, 0) is 11.2 Å². The van der Waals surface area contributed by atoms with Crippen LogP contribution in [0.1, 0.15) is 37.8 Å². The Hall–Kier alpha value is -1.79. The second-order valence-electron chi connectivity index (χ2n) is 7.13. The Balaban J connectivity index is 1.52. The summed E-state index contributed by atoms with van der Waals surface area (Å²) in [6.45, 7) is 0.712. The van der Waals surface area contributed by atoms with Gasteiger partial charge in [-0.05, 0) is 50.5 Å². The van der Waals surface area contributed by atoms with E-state index in [1.165, 1.54) is 0 Å². The third kappa shape index (κ3) is 2.96. The predicted octanol–water partition coefficient (Wildman–Crippen LogP) is 2.25. The van der Waals surface area contributed by atoms with Gasteiger partial charge in [0.2, 0.25) is 5.88 Å². The van der Waals surface area contributed by atoms with Gasteiger partial charge in [-0.3, -0.25) is 0 Å². The predicted molar refractivity (Wildman–Crippen MR) is 90.8 cm³/mol. The van der Waals surface area contributed by atoms with Gasteiger partial charge in [-0.15, -0.1) is 0 Å². The van der Waals surface area contributed by atoms with Crippen LogP contribution in [0.4, 0.5) is 0 Å². The molecule has 2 saturated heterocycles. The molecule has 2 bridgehead atoms. The van der Waals surface area contributed by atoms with Crippen molar-refractivity contribution < 1.29 is 9.47 Å². The molecule has 0 radical (unpaired) electrons. The van der Waals surface area contributed by atoms with E-state index in [0.29, 0.717) is 24.5 Å². The van der Waals surface area contributed by atoms with E-state index in [0.717, 1.165) is 55.3 Å². The molecule has 0 amide bonds. The number of methoxy groups -OCH3 is 1. The Kier molecular flexibility index (Phi) is 4.10. The van der Waals surface area contributed by atoms with Gasteiger partial charge in [-0.2, -0.15) is 0 Å². The fourth-order valence-electron chi connectivity index (χ4n) is 4.01. The van der Waals surface area contributed by atoms with Crippen molar-refractivity contribution in [2.75, 3.05) is 13.7 Å². The molecular formula is C18H24N4O2. The highest BCUT2D eigenvalue weighted by Gasteiger charge is 2.40. The summed E-state index contributed by atoms with van der Waals surface area (Å²) in [7, 11) is 1.62. The molecule has 2 aromatic rings. The molecule has 2 aromatic heterocycles. The van der Waals surface area contributed by atoms with Crippen LogP contribution >= 0.6 is 0 Å². The molecule has 2 aliphatic heterocycles. The van der Waals surface area contributed by atoms with Crippen LogP contribution < -0.4 is 10.5 Å². The summed E-state index contributed by atoms with van der Waals surface area (Å²) in [6.07, 6.45) is 8.26. The van der Waals surface area contributed by atoms with Gasteiger partial charge in [0.05, 0.1) is 31.0 Å². The van der Waals surface area contributed by atoms with E-state index in [4.69, 9.17) is 15.2 Å². The van der Waals surface area contributed by atoms with E-state index in [1.54, 1.807) is 13.4 Å². The highest BCUT2D eigenvalue weighted by Crippen LogP contribution is 2.38. The van der Waals surface area contributed by atoms with E-state index in [-0.39, 0.29) is 5.54 Å². The lowest BCUT2D eigenvalue weighted by Crippen LogP contribution is -2.47. The summed E-state index contributed by atoms with van der Waals surface area (Å²) in [4.78, 5) is 13.3. The minimum absolute atomic E-state index is 0.0955. The molecule has 3 fully saturated rings. The maximum absolute atomic E-state index is 6.40. The first-order valence-electron chi connectivity index (χ1n) is 8.72. The zero-order valence-corrected chi connectivity index (χ0v) is 14.1. The second kappa shape index (κ2) is 6.26.